The summed E-state index contributed by atoms with van der Waals surface area (Å²) in [5, 5.41) is 2.20. The minimum atomic E-state index is 0.528. The number of aryl methyl sites for hydroxylation is 1. The van der Waals surface area contributed by atoms with E-state index in [-0.39, 0.29) is 0 Å². The van der Waals surface area contributed by atoms with Crippen molar-refractivity contribution in [3.63, 3.8) is 0 Å². The van der Waals surface area contributed by atoms with Crippen molar-refractivity contribution in [3.8, 4) is 0 Å². The Morgan fingerprint density at radius 2 is 1.25 bits per heavy atom. The molecule has 0 aliphatic carbocycles. The van der Waals surface area contributed by atoms with Crippen LogP contribution in [0.25, 0.3) is 0 Å². The quantitative estimate of drug-likeness (QED) is 0.313. The number of hydrogen-bond acceptors (Lipinski definition) is 1. The van der Waals surface area contributed by atoms with Gasteiger partial charge in [0.25, 0.3) is 0 Å². The maximum Gasteiger partial charge on any atom is 0.00452 e. The van der Waals surface area contributed by atoms with Gasteiger partial charge in [-0.05, 0) is 53.9 Å². The summed E-state index contributed by atoms with van der Waals surface area (Å²) in [5.74, 6) is 2.36. The molecule has 0 aliphatic heterocycles. The summed E-state index contributed by atoms with van der Waals surface area (Å²) >= 11 is 1.91. The molecule has 0 atom stereocenters. The molecule has 0 radical (unpaired) electrons. The number of thiophene rings is 1. The summed E-state index contributed by atoms with van der Waals surface area (Å²) in [6, 6.07) is 4.45. The Hall–Kier alpha value is -0.300. The fraction of sp³-hybridized carbons (Fsp3) is 0.826. The molecule has 0 saturated heterocycles. The third-order valence-corrected chi connectivity index (χ3v) is 7.27. The van der Waals surface area contributed by atoms with Crippen molar-refractivity contribution in [2.45, 2.75) is 99.3 Å². The molecule has 1 heteroatoms. The predicted molar refractivity (Wildman–Crippen MR) is 112 cm³/mol. The van der Waals surface area contributed by atoms with E-state index in [1.807, 2.05) is 11.3 Å². The SMILES string of the molecule is CC(C)C(CCCCCCCCCc1cccs1)(C(C)C)C(C)C. The summed E-state index contributed by atoms with van der Waals surface area (Å²) in [6.07, 6.45) is 12.6. The van der Waals surface area contributed by atoms with E-state index >= 15 is 0 Å². The van der Waals surface area contributed by atoms with Gasteiger partial charge in [0.2, 0.25) is 0 Å². The first-order valence-corrected chi connectivity index (χ1v) is 11.3. The molecule has 0 unspecified atom stereocenters. The third-order valence-electron chi connectivity index (χ3n) is 6.34. The Labute approximate surface area is 156 Å². The Balaban J connectivity index is 2.13. The average Bonchev–Trinajstić information content (AvgIpc) is 3.01. The fourth-order valence-corrected chi connectivity index (χ4v) is 5.69. The predicted octanol–water partition coefficient (Wildman–Crippen LogP) is 8.37. The van der Waals surface area contributed by atoms with E-state index in [4.69, 9.17) is 0 Å². The maximum absolute atomic E-state index is 2.44. The van der Waals surface area contributed by atoms with Gasteiger partial charge in [-0.2, -0.15) is 0 Å². The van der Waals surface area contributed by atoms with Gasteiger partial charge in [-0.15, -0.1) is 11.3 Å². The molecule has 1 aromatic rings. The van der Waals surface area contributed by atoms with E-state index in [1.54, 1.807) is 4.88 Å². The molecular weight excluding hydrogens is 308 g/mol. The largest absolute Gasteiger partial charge is 0.149 e. The first kappa shape index (κ1) is 21.7. The summed E-state index contributed by atoms with van der Waals surface area (Å²) in [7, 11) is 0. The van der Waals surface area contributed by atoms with Crippen LogP contribution in [0.1, 0.15) is 97.8 Å². The molecule has 0 nitrogen and oxygen atoms in total. The first-order valence-electron chi connectivity index (χ1n) is 10.4. The molecule has 0 fully saturated rings. The molecule has 0 bridgehead atoms. The molecule has 140 valence electrons. The molecule has 0 N–H and O–H groups in total. The van der Waals surface area contributed by atoms with Crippen LogP contribution in [-0.4, -0.2) is 0 Å². The van der Waals surface area contributed by atoms with Crippen molar-refractivity contribution in [2.24, 2.45) is 23.2 Å². The number of hydrogen-bond donors (Lipinski definition) is 0. The minimum Gasteiger partial charge on any atom is -0.149 e. The lowest BCUT2D eigenvalue weighted by Crippen LogP contribution is -2.38. The minimum absolute atomic E-state index is 0.528. The van der Waals surface area contributed by atoms with E-state index in [0.717, 1.165) is 17.8 Å². The second-order valence-electron chi connectivity index (χ2n) is 8.63. The molecule has 1 aromatic heterocycles. The van der Waals surface area contributed by atoms with Crippen molar-refractivity contribution in [1.82, 2.24) is 0 Å². The lowest BCUT2D eigenvalue weighted by atomic mass is 9.60. The lowest BCUT2D eigenvalue weighted by Gasteiger charge is -2.45. The summed E-state index contributed by atoms with van der Waals surface area (Å²) < 4.78 is 0. The van der Waals surface area contributed by atoms with Crippen LogP contribution >= 0.6 is 11.3 Å². The van der Waals surface area contributed by atoms with Crippen molar-refractivity contribution >= 4 is 11.3 Å². The van der Waals surface area contributed by atoms with Gasteiger partial charge in [-0.25, -0.2) is 0 Å². The van der Waals surface area contributed by atoms with Crippen LogP contribution in [0.3, 0.4) is 0 Å². The van der Waals surface area contributed by atoms with Gasteiger partial charge in [0.15, 0.2) is 0 Å². The first-order chi connectivity index (χ1) is 11.4. The average molecular weight is 351 g/mol. The van der Waals surface area contributed by atoms with Gasteiger partial charge in [-0.3, -0.25) is 0 Å². The molecule has 0 amide bonds. The fourth-order valence-electron chi connectivity index (χ4n) is 4.94. The van der Waals surface area contributed by atoms with Crippen LogP contribution < -0.4 is 0 Å². The van der Waals surface area contributed by atoms with E-state index < -0.39 is 0 Å². The monoisotopic (exact) mass is 350 g/mol. The molecule has 0 aliphatic rings. The molecule has 1 heterocycles. The molecule has 0 spiro atoms. The van der Waals surface area contributed by atoms with Crippen LogP contribution in [0, 0.1) is 23.2 Å². The summed E-state index contributed by atoms with van der Waals surface area (Å²) in [5.41, 5.74) is 0.528. The van der Waals surface area contributed by atoms with Crippen LogP contribution in [0.2, 0.25) is 0 Å². The van der Waals surface area contributed by atoms with Crippen molar-refractivity contribution in [2.75, 3.05) is 0 Å². The van der Waals surface area contributed by atoms with E-state index in [0.29, 0.717) is 5.41 Å². The molecule has 0 saturated carbocycles. The molecule has 24 heavy (non-hydrogen) atoms. The van der Waals surface area contributed by atoms with Crippen molar-refractivity contribution < 1.29 is 0 Å². The van der Waals surface area contributed by atoms with E-state index in [1.165, 1.54) is 57.8 Å². The highest BCUT2D eigenvalue weighted by Gasteiger charge is 2.39. The third kappa shape index (κ3) is 6.54. The second-order valence-corrected chi connectivity index (χ2v) is 9.66. The number of rotatable bonds is 13. The maximum atomic E-state index is 2.44. The van der Waals surface area contributed by atoms with Gasteiger partial charge >= 0.3 is 0 Å². The molecule has 1 rings (SSSR count). The Morgan fingerprint density at radius 3 is 1.71 bits per heavy atom. The van der Waals surface area contributed by atoms with Crippen molar-refractivity contribution in [3.05, 3.63) is 22.4 Å². The topological polar surface area (TPSA) is 0 Å². The summed E-state index contributed by atoms with van der Waals surface area (Å²) in [4.78, 5) is 1.56. The van der Waals surface area contributed by atoms with Crippen LogP contribution in [0.15, 0.2) is 17.5 Å². The standard InChI is InChI=1S/C23H42S/c1-19(2)23(20(3)4,21(5)6)17-13-11-9-7-8-10-12-15-22-16-14-18-24-22/h14,16,18-21H,7-13,15,17H2,1-6H3. The zero-order valence-electron chi connectivity index (χ0n) is 17.2. The van der Waals surface area contributed by atoms with Gasteiger partial charge in [0.05, 0.1) is 0 Å². The van der Waals surface area contributed by atoms with E-state index in [9.17, 15) is 0 Å². The molecular formula is C23H42S. The second kappa shape index (κ2) is 11.3. The van der Waals surface area contributed by atoms with Gasteiger partial charge in [0.1, 0.15) is 0 Å². The Kier molecular flexibility index (Phi) is 10.3. The van der Waals surface area contributed by atoms with Gasteiger partial charge < -0.3 is 0 Å². The lowest BCUT2D eigenvalue weighted by molar-refractivity contribution is 0.0356. The number of unbranched alkanes of at least 4 members (excludes halogenated alkanes) is 6. The zero-order valence-corrected chi connectivity index (χ0v) is 18.1. The van der Waals surface area contributed by atoms with E-state index in [2.05, 4.69) is 59.1 Å². The molecule has 0 aromatic carbocycles. The summed E-state index contributed by atoms with van der Waals surface area (Å²) in [6.45, 7) is 14.6. The Morgan fingerprint density at radius 1 is 0.750 bits per heavy atom. The highest BCUT2D eigenvalue weighted by atomic mass is 32.1. The smallest absolute Gasteiger partial charge is 0.00452 e. The highest BCUT2D eigenvalue weighted by Crippen LogP contribution is 2.47. The zero-order chi connectivity index (χ0) is 18.0. The normalized spacial score (nSPS) is 12.7. The van der Waals surface area contributed by atoms with Crippen molar-refractivity contribution in [1.29, 1.82) is 0 Å². The van der Waals surface area contributed by atoms with Crippen LogP contribution in [0.5, 0.6) is 0 Å². The Bertz CT molecular complexity index is 378. The van der Waals surface area contributed by atoms with Crippen LogP contribution in [-0.2, 0) is 6.42 Å². The van der Waals surface area contributed by atoms with Crippen LogP contribution in [0.4, 0.5) is 0 Å². The van der Waals surface area contributed by atoms with Gasteiger partial charge in [0, 0.05) is 4.88 Å². The van der Waals surface area contributed by atoms with Gasteiger partial charge in [-0.1, -0.05) is 86.1 Å². The highest BCUT2D eigenvalue weighted by molar-refractivity contribution is 7.09.